The summed E-state index contributed by atoms with van der Waals surface area (Å²) in [6.07, 6.45) is 0. The van der Waals surface area contributed by atoms with Gasteiger partial charge in [-0.25, -0.2) is 0 Å². The summed E-state index contributed by atoms with van der Waals surface area (Å²) in [5.74, 6) is 0. The van der Waals surface area contributed by atoms with Crippen LogP contribution in [0, 0.1) is 9.71 Å². The molecule has 0 heterocycles. The second-order valence-electron chi connectivity index (χ2n) is 2.30. The smallest absolute Gasteiger partial charge is 0.351 e. The Hall–Kier alpha value is -0.543. The van der Waals surface area contributed by atoms with Crippen LogP contribution < -0.4 is 5.26 Å². The molecule has 0 unspecified atom stereocenters. The normalized spacial score (nSPS) is 10.5. The van der Waals surface area contributed by atoms with Crippen LogP contribution in [0.5, 0.6) is 0 Å². The van der Waals surface area contributed by atoms with Crippen molar-refractivity contribution in [1.82, 2.24) is 0 Å². The summed E-state index contributed by atoms with van der Waals surface area (Å²) >= 11 is 0. The quantitative estimate of drug-likeness (QED) is 0.271. The van der Waals surface area contributed by atoms with Crippen molar-refractivity contribution in [2.24, 2.45) is 0 Å². The van der Waals surface area contributed by atoms with Crippen LogP contribution >= 0.6 is 0 Å². The number of hydrogen-bond acceptors (Lipinski definition) is 6. The number of hydrogen-bond donors (Lipinski definition) is 0. The van der Waals surface area contributed by atoms with Crippen molar-refractivity contribution in [1.29, 1.82) is 0 Å². The van der Waals surface area contributed by atoms with Crippen LogP contribution in [-0.2, 0) is 17.7 Å². The molecule has 0 aliphatic heterocycles. The predicted octanol–water partition coefficient (Wildman–Crippen LogP) is 0.446. The van der Waals surface area contributed by atoms with Crippen LogP contribution in [-0.4, -0.2) is 35.5 Å². The van der Waals surface area contributed by atoms with Gasteiger partial charge in [0.05, 0.1) is 0 Å². The van der Waals surface area contributed by atoms with Gasteiger partial charge >= 0.3 is 9.05 Å². The van der Waals surface area contributed by atoms with Crippen LogP contribution in [0.1, 0.15) is 27.7 Å². The van der Waals surface area contributed by atoms with Gasteiger partial charge in [-0.2, -0.15) is 0 Å². The minimum atomic E-state index is -2.80. The Morgan fingerprint density at radius 2 is 1.06 bits per heavy atom. The summed E-state index contributed by atoms with van der Waals surface area (Å²) in [6, 6.07) is 0. The third kappa shape index (κ3) is 8.74. The molecular formula is C8H20O7Si. The lowest BCUT2D eigenvalue weighted by Gasteiger charge is -2.26. The molecule has 16 heavy (non-hydrogen) atoms. The predicted molar refractivity (Wildman–Crippen MR) is 59.0 cm³/mol. The molecule has 0 saturated carbocycles. The average molecular weight is 256 g/mol. The Balaban J connectivity index is 0. The van der Waals surface area contributed by atoms with Gasteiger partial charge in [-0.05, 0) is 27.7 Å². The van der Waals surface area contributed by atoms with E-state index in [-0.39, 0.29) is 0 Å². The zero-order chi connectivity index (χ0) is 12.9. The Kier molecular flexibility index (Phi) is 14.0. The van der Waals surface area contributed by atoms with Gasteiger partial charge in [0.2, 0.25) is 0 Å². The molecule has 8 heteroatoms. The van der Waals surface area contributed by atoms with Gasteiger partial charge < -0.3 is 17.7 Å². The first-order valence-corrected chi connectivity index (χ1v) is 6.77. The first-order chi connectivity index (χ1) is 7.66. The van der Waals surface area contributed by atoms with E-state index in [0.717, 1.165) is 0 Å². The zero-order valence-corrected chi connectivity index (χ0v) is 11.2. The molecule has 0 spiro atoms. The molecule has 0 aliphatic carbocycles. The van der Waals surface area contributed by atoms with Crippen molar-refractivity contribution in [3.8, 4) is 0 Å². The van der Waals surface area contributed by atoms with Crippen molar-refractivity contribution < 1.29 is 23.0 Å². The monoisotopic (exact) mass is 256 g/mol. The van der Waals surface area contributed by atoms with E-state index >= 15 is 0 Å². The highest BCUT2D eigenvalue weighted by Crippen LogP contribution is 2.11. The Morgan fingerprint density at radius 3 is 1.19 bits per heavy atom. The van der Waals surface area contributed by atoms with E-state index in [0.29, 0.717) is 26.4 Å². The van der Waals surface area contributed by atoms with Crippen LogP contribution in [0.25, 0.3) is 0 Å². The van der Waals surface area contributed by atoms with Gasteiger partial charge in [0, 0.05) is 26.4 Å². The molecule has 0 bridgehead atoms. The minimum Gasteiger partial charge on any atom is -0.351 e. The lowest BCUT2D eigenvalue weighted by Crippen LogP contribution is -2.49. The van der Waals surface area contributed by atoms with Crippen LogP contribution in [0.2, 0.25) is 0 Å². The standard InChI is InChI=1S/C8H20O4Si.O3/c1-5-9-13(10-6-2,11-7-3)12-8-4;1-3-2/h5-8H2,1-4H3;. The summed E-state index contributed by atoms with van der Waals surface area (Å²) < 4.78 is 23.4. The van der Waals surface area contributed by atoms with E-state index < -0.39 is 9.05 Å². The van der Waals surface area contributed by atoms with Gasteiger partial charge in [-0.15, -0.1) is 0 Å². The SMILES string of the molecule is CCO[Si](OCC)(OCC)OCC.O=[O+][O-]. The van der Waals surface area contributed by atoms with E-state index in [4.69, 9.17) is 27.9 Å². The van der Waals surface area contributed by atoms with E-state index in [1.54, 1.807) is 4.75 Å². The summed E-state index contributed by atoms with van der Waals surface area (Å²) in [6.45, 7) is 9.80. The zero-order valence-electron chi connectivity index (χ0n) is 10.2. The van der Waals surface area contributed by atoms with Gasteiger partial charge in [0.25, 0.3) is 0 Å². The second-order valence-corrected chi connectivity index (χ2v) is 4.45. The van der Waals surface area contributed by atoms with E-state index in [9.17, 15) is 0 Å². The molecule has 0 saturated heterocycles. The van der Waals surface area contributed by atoms with Crippen molar-refractivity contribution in [2.45, 2.75) is 27.7 Å². The molecule has 0 amide bonds. The Labute approximate surface area is 96.6 Å². The fourth-order valence-electron chi connectivity index (χ4n) is 0.957. The molecule has 98 valence electrons. The molecule has 0 N–H and O–H groups in total. The summed E-state index contributed by atoms with van der Waals surface area (Å²) in [5, 5.41) is 7.88. The topological polar surface area (TPSA) is 88.4 Å². The Morgan fingerprint density at radius 1 is 0.875 bits per heavy atom. The highest BCUT2D eigenvalue weighted by molar-refractivity contribution is 6.53. The van der Waals surface area contributed by atoms with Crippen LogP contribution in [0.3, 0.4) is 0 Å². The average Bonchev–Trinajstić information content (AvgIpc) is 2.20. The fourth-order valence-corrected chi connectivity index (χ4v) is 2.87. The van der Waals surface area contributed by atoms with Crippen LogP contribution in [0.15, 0.2) is 0 Å². The molecule has 0 fully saturated rings. The summed E-state index contributed by atoms with van der Waals surface area (Å²) in [7, 11) is -2.80. The first-order valence-electron chi connectivity index (χ1n) is 5.13. The molecule has 0 rings (SSSR count). The molecule has 0 radical (unpaired) electrons. The van der Waals surface area contributed by atoms with Gasteiger partial charge in [0.1, 0.15) is 0 Å². The second kappa shape index (κ2) is 12.5. The summed E-state index contributed by atoms with van der Waals surface area (Å²) in [4.78, 5) is 7.88. The molecule has 0 aromatic carbocycles. The van der Waals surface area contributed by atoms with Crippen molar-refractivity contribution in [3.63, 3.8) is 0 Å². The van der Waals surface area contributed by atoms with Crippen molar-refractivity contribution >= 4 is 9.05 Å². The fraction of sp³-hybridized carbons (Fsp3) is 1.00. The van der Waals surface area contributed by atoms with Gasteiger partial charge in [0.15, 0.2) is 4.75 Å². The lowest BCUT2D eigenvalue weighted by molar-refractivity contribution is -0.284. The maximum atomic E-state index is 7.88. The molecule has 7 nitrogen and oxygen atoms in total. The first kappa shape index (κ1) is 17.8. The highest BCUT2D eigenvalue weighted by Gasteiger charge is 2.44. The largest absolute Gasteiger partial charge is 0.679 e. The van der Waals surface area contributed by atoms with Gasteiger partial charge in [-0.1, -0.05) is 10.2 Å². The van der Waals surface area contributed by atoms with E-state index in [1.165, 1.54) is 0 Å². The maximum Gasteiger partial charge on any atom is 0.679 e. The van der Waals surface area contributed by atoms with Crippen molar-refractivity contribution in [3.05, 3.63) is 9.71 Å². The molecular weight excluding hydrogens is 236 g/mol. The highest BCUT2D eigenvalue weighted by atomic mass is 28.4. The van der Waals surface area contributed by atoms with Crippen LogP contribution in [0.4, 0.5) is 0 Å². The minimum absolute atomic E-state index is 0.548. The molecule has 0 aromatic rings. The summed E-state index contributed by atoms with van der Waals surface area (Å²) in [5.41, 5.74) is 0. The maximum absolute atomic E-state index is 7.88. The van der Waals surface area contributed by atoms with Gasteiger partial charge in [-0.3, -0.25) is 0 Å². The van der Waals surface area contributed by atoms with Crippen molar-refractivity contribution in [2.75, 3.05) is 26.4 Å². The molecule has 0 atom stereocenters. The van der Waals surface area contributed by atoms with E-state index in [2.05, 4.69) is 0 Å². The third-order valence-electron chi connectivity index (χ3n) is 1.28. The molecule has 0 aromatic heterocycles. The Bertz CT molecular complexity index is 126. The lowest BCUT2D eigenvalue weighted by atomic mass is 10.9. The molecule has 0 aliphatic rings. The van der Waals surface area contributed by atoms with E-state index in [1.807, 2.05) is 27.7 Å². The third-order valence-corrected chi connectivity index (χ3v) is 3.85. The number of rotatable bonds is 8.